The second kappa shape index (κ2) is 7.13. The van der Waals surface area contributed by atoms with Crippen LogP contribution in [-0.4, -0.2) is 10.9 Å². The number of hydrogen-bond donors (Lipinski definition) is 0. The van der Waals surface area contributed by atoms with Crippen molar-refractivity contribution in [2.45, 2.75) is 32.1 Å². The van der Waals surface area contributed by atoms with E-state index in [1.54, 1.807) is 12.5 Å². The molecule has 1 aromatic carbocycles. The highest BCUT2D eigenvalue weighted by atomic mass is 35.5. The Balaban J connectivity index is 1.64. The Morgan fingerprint density at radius 2 is 1.95 bits per heavy atom. The molecule has 0 aliphatic heterocycles. The van der Waals surface area contributed by atoms with Gasteiger partial charge in [0.15, 0.2) is 5.89 Å². The van der Waals surface area contributed by atoms with E-state index in [-0.39, 0.29) is 0 Å². The van der Waals surface area contributed by atoms with Crippen LogP contribution in [0.15, 0.2) is 47.2 Å². The summed E-state index contributed by atoms with van der Waals surface area (Å²) in [6.07, 6.45) is 9.21. The number of hydrogen-bond acceptors (Lipinski definition) is 2. The number of rotatable bonds is 5. The number of oxazole rings is 1. The van der Waals surface area contributed by atoms with Crippen LogP contribution in [0.3, 0.4) is 0 Å². The van der Waals surface area contributed by atoms with Crippen LogP contribution in [0.1, 0.15) is 30.7 Å². The summed E-state index contributed by atoms with van der Waals surface area (Å²) >= 11 is 6.20. The van der Waals surface area contributed by atoms with E-state index in [1.165, 1.54) is 24.8 Å². The van der Waals surface area contributed by atoms with Gasteiger partial charge in [-0.2, -0.15) is 0 Å². The Morgan fingerprint density at radius 3 is 2.67 bits per heavy atom. The molecule has 3 rings (SSSR count). The quantitative estimate of drug-likeness (QED) is 0.746. The van der Waals surface area contributed by atoms with Crippen LogP contribution in [0, 0.1) is 17.8 Å². The monoisotopic (exact) mass is 303 g/mol. The lowest BCUT2D eigenvalue weighted by molar-refractivity contribution is 0.187. The maximum absolute atomic E-state index is 6.20. The van der Waals surface area contributed by atoms with E-state index in [2.05, 4.69) is 35.3 Å². The maximum Gasteiger partial charge on any atom is 0.194 e. The molecule has 3 heteroatoms. The van der Waals surface area contributed by atoms with Gasteiger partial charge in [-0.05, 0) is 49.0 Å². The Hall–Kier alpha value is -1.28. The molecular weight excluding hydrogens is 282 g/mol. The Labute approximate surface area is 131 Å². The minimum atomic E-state index is 0.646. The third-order valence-corrected chi connectivity index (χ3v) is 5.13. The van der Waals surface area contributed by atoms with Crippen LogP contribution in [0.2, 0.25) is 0 Å². The molecule has 0 bridgehead atoms. The zero-order valence-corrected chi connectivity index (χ0v) is 13.0. The number of alkyl halides is 1. The van der Waals surface area contributed by atoms with Gasteiger partial charge < -0.3 is 4.42 Å². The molecule has 1 aromatic heterocycles. The van der Waals surface area contributed by atoms with Crippen molar-refractivity contribution in [2.24, 2.45) is 17.8 Å². The van der Waals surface area contributed by atoms with Crippen molar-refractivity contribution in [3.63, 3.8) is 0 Å². The minimum Gasteiger partial charge on any atom is -0.449 e. The smallest absolute Gasteiger partial charge is 0.194 e. The molecule has 0 radical (unpaired) electrons. The molecule has 3 atom stereocenters. The van der Waals surface area contributed by atoms with Crippen LogP contribution < -0.4 is 0 Å². The Kier molecular flexibility index (Phi) is 4.97. The molecule has 1 fully saturated rings. The topological polar surface area (TPSA) is 26.0 Å². The summed E-state index contributed by atoms with van der Waals surface area (Å²) in [7, 11) is 0. The highest BCUT2D eigenvalue weighted by molar-refractivity contribution is 6.18. The van der Waals surface area contributed by atoms with Crippen molar-refractivity contribution < 1.29 is 4.42 Å². The fourth-order valence-corrected chi connectivity index (χ4v) is 3.99. The number of aromatic nitrogens is 1. The number of benzene rings is 1. The van der Waals surface area contributed by atoms with Crippen molar-refractivity contribution in [1.29, 1.82) is 0 Å². The van der Waals surface area contributed by atoms with Gasteiger partial charge in [0, 0.05) is 12.3 Å². The molecular formula is C18H22ClNO. The zero-order chi connectivity index (χ0) is 14.5. The van der Waals surface area contributed by atoms with Crippen LogP contribution in [-0.2, 0) is 12.8 Å². The van der Waals surface area contributed by atoms with Crippen molar-refractivity contribution in [2.75, 3.05) is 5.88 Å². The number of halogens is 1. The average Bonchev–Trinajstić information content (AvgIpc) is 3.02. The van der Waals surface area contributed by atoms with E-state index in [1.807, 2.05) is 0 Å². The first-order valence-electron chi connectivity index (χ1n) is 7.83. The lowest BCUT2D eigenvalue weighted by Crippen LogP contribution is -2.28. The SMILES string of the molecule is ClCC1CCC(Cc2ncco2)CC1Cc1ccccc1. The lowest BCUT2D eigenvalue weighted by atomic mass is 9.71. The van der Waals surface area contributed by atoms with Gasteiger partial charge in [0.1, 0.15) is 6.26 Å². The summed E-state index contributed by atoms with van der Waals surface area (Å²) in [4.78, 5) is 4.27. The first kappa shape index (κ1) is 14.6. The van der Waals surface area contributed by atoms with Crippen LogP contribution in [0.4, 0.5) is 0 Å². The molecule has 0 saturated heterocycles. The van der Waals surface area contributed by atoms with E-state index < -0.39 is 0 Å². The minimum absolute atomic E-state index is 0.646. The largest absolute Gasteiger partial charge is 0.449 e. The first-order valence-corrected chi connectivity index (χ1v) is 8.37. The van der Waals surface area contributed by atoms with E-state index in [9.17, 15) is 0 Å². The number of nitrogens with zero attached hydrogens (tertiary/aromatic N) is 1. The molecule has 0 amide bonds. The molecule has 0 N–H and O–H groups in total. The molecule has 2 nitrogen and oxygen atoms in total. The molecule has 1 aliphatic carbocycles. The van der Waals surface area contributed by atoms with Gasteiger partial charge in [-0.1, -0.05) is 30.3 Å². The molecule has 21 heavy (non-hydrogen) atoms. The van der Waals surface area contributed by atoms with Crippen molar-refractivity contribution >= 4 is 11.6 Å². The molecule has 1 saturated carbocycles. The molecule has 1 aliphatic rings. The summed E-state index contributed by atoms with van der Waals surface area (Å²) in [5.74, 6) is 3.66. The highest BCUT2D eigenvalue weighted by Crippen LogP contribution is 2.38. The van der Waals surface area contributed by atoms with Gasteiger partial charge in [-0.15, -0.1) is 11.6 Å². The second-order valence-electron chi connectivity index (χ2n) is 6.17. The molecule has 0 spiro atoms. The Morgan fingerprint density at radius 1 is 1.10 bits per heavy atom. The van der Waals surface area contributed by atoms with Crippen LogP contribution in [0.25, 0.3) is 0 Å². The van der Waals surface area contributed by atoms with Crippen LogP contribution in [0.5, 0.6) is 0 Å². The van der Waals surface area contributed by atoms with Gasteiger partial charge in [-0.3, -0.25) is 0 Å². The van der Waals surface area contributed by atoms with Gasteiger partial charge in [0.05, 0.1) is 6.20 Å². The summed E-state index contributed by atoms with van der Waals surface area (Å²) < 4.78 is 5.41. The maximum atomic E-state index is 6.20. The molecule has 1 heterocycles. The molecule has 2 aromatic rings. The standard InChI is InChI=1S/C18H22ClNO/c19-13-16-7-6-15(12-18-20-8-9-21-18)11-17(16)10-14-4-2-1-3-5-14/h1-5,8-9,15-17H,6-7,10-13H2. The fourth-order valence-electron chi connectivity index (χ4n) is 3.58. The highest BCUT2D eigenvalue weighted by Gasteiger charge is 2.30. The second-order valence-corrected chi connectivity index (χ2v) is 6.48. The van der Waals surface area contributed by atoms with Crippen LogP contribution >= 0.6 is 11.6 Å². The van der Waals surface area contributed by atoms with Crippen molar-refractivity contribution in [1.82, 2.24) is 4.98 Å². The van der Waals surface area contributed by atoms with E-state index >= 15 is 0 Å². The fraction of sp³-hybridized carbons (Fsp3) is 0.500. The van der Waals surface area contributed by atoms with Gasteiger partial charge >= 0.3 is 0 Å². The van der Waals surface area contributed by atoms with E-state index in [0.29, 0.717) is 17.8 Å². The van der Waals surface area contributed by atoms with Gasteiger partial charge in [0.25, 0.3) is 0 Å². The predicted octanol–water partition coefficient (Wildman–Crippen LogP) is 4.73. The summed E-state index contributed by atoms with van der Waals surface area (Å²) in [5.41, 5.74) is 1.43. The molecule has 3 unspecified atom stereocenters. The first-order chi connectivity index (χ1) is 10.3. The van der Waals surface area contributed by atoms with E-state index in [4.69, 9.17) is 16.0 Å². The average molecular weight is 304 g/mol. The third kappa shape index (κ3) is 3.88. The van der Waals surface area contributed by atoms with E-state index in [0.717, 1.165) is 24.6 Å². The Bertz CT molecular complexity index is 525. The lowest BCUT2D eigenvalue weighted by Gasteiger charge is -2.35. The van der Waals surface area contributed by atoms with Gasteiger partial charge in [-0.25, -0.2) is 4.98 Å². The summed E-state index contributed by atoms with van der Waals surface area (Å²) in [6, 6.07) is 10.8. The summed E-state index contributed by atoms with van der Waals surface area (Å²) in [5, 5.41) is 0. The van der Waals surface area contributed by atoms with Crippen molar-refractivity contribution in [3.05, 3.63) is 54.2 Å². The van der Waals surface area contributed by atoms with Crippen molar-refractivity contribution in [3.8, 4) is 0 Å². The third-order valence-electron chi connectivity index (χ3n) is 4.73. The van der Waals surface area contributed by atoms with Gasteiger partial charge in [0.2, 0.25) is 0 Å². The zero-order valence-electron chi connectivity index (χ0n) is 12.2. The predicted molar refractivity (Wildman–Crippen MR) is 85.4 cm³/mol. The summed E-state index contributed by atoms with van der Waals surface area (Å²) in [6.45, 7) is 0. The molecule has 112 valence electrons. The normalized spacial score (nSPS) is 25.9.